The van der Waals surface area contributed by atoms with Gasteiger partial charge in [0.25, 0.3) is 5.91 Å². The third-order valence-electron chi connectivity index (χ3n) is 3.07. The number of amides is 1. The number of fused-ring (bicyclic) bond motifs is 1. The molecule has 1 aromatic carbocycles. The molecule has 0 fully saturated rings. The summed E-state index contributed by atoms with van der Waals surface area (Å²) in [6.07, 6.45) is 5.35. The summed E-state index contributed by atoms with van der Waals surface area (Å²) in [5, 5.41) is 0. The van der Waals surface area contributed by atoms with Crippen molar-refractivity contribution in [2.24, 2.45) is 0 Å². The molecule has 2 aromatic rings. The van der Waals surface area contributed by atoms with Crippen molar-refractivity contribution in [1.82, 2.24) is 4.98 Å². The van der Waals surface area contributed by atoms with Crippen molar-refractivity contribution in [2.75, 3.05) is 4.90 Å². The molecule has 3 nitrogen and oxygen atoms in total. The summed E-state index contributed by atoms with van der Waals surface area (Å²) in [4.78, 5) is 18.1. The first-order valence-corrected chi connectivity index (χ1v) is 5.83. The van der Waals surface area contributed by atoms with Gasteiger partial charge in [0.2, 0.25) is 0 Å². The minimum atomic E-state index is 0.0184. The molecule has 0 saturated carbocycles. The van der Waals surface area contributed by atoms with Gasteiger partial charge in [0.05, 0.1) is 11.4 Å². The highest BCUT2D eigenvalue weighted by Gasteiger charge is 2.32. The largest absolute Gasteiger partial charge is 0.277 e. The van der Waals surface area contributed by atoms with Crippen molar-refractivity contribution in [3.8, 4) is 0 Å². The molecule has 3 rings (SSSR count). The molecule has 0 spiro atoms. The SMILES string of the molecule is C/C=C1\c2ccccc2C(=O)N1c1ccncc1. The third kappa shape index (κ3) is 1.44. The highest BCUT2D eigenvalue weighted by molar-refractivity contribution is 6.22. The van der Waals surface area contributed by atoms with Crippen molar-refractivity contribution in [1.29, 1.82) is 0 Å². The number of allylic oxidation sites excluding steroid dienone is 1. The molecule has 0 atom stereocenters. The smallest absolute Gasteiger partial charge is 0.263 e. The molecule has 0 N–H and O–H groups in total. The van der Waals surface area contributed by atoms with E-state index in [1.54, 1.807) is 17.3 Å². The number of pyridine rings is 1. The fraction of sp³-hybridized carbons (Fsp3) is 0.0667. The zero-order chi connectivity index (χ0) is 12.5. The summed E-state index contributed by atoms with van der Waals surface area (Å²) in [5.41, 5.74) is 3.52. The Kier molecular flexibility index (Phi) is 2.45. The van der Waals surface area contributed by atoms with Crippen LogP contribution in [-0.2, 0) is 0 Å². The quantitative estimate of drug-likeness (QED) is 0.762. The topological polar surface area (TPSA) is 33.2 Å². The second-order valence-corrected chi connectivity index (χ2v) is 4.07. The molecule has 1 amide bonds. The Hall–Kier alpha value is -2.42. The first kappa shape index (κ1) is 10.7. The lowest BCUT2D eigenvalue weighted by Gasteiger charge is -2.17. The van der Waals surface area contributed by atoms with Gasteiger partial charge in [-0.3, -0.25) is 14.7 Å². The van der Waals surface area contributed by atoms with Gasteiger partial charge < -0.3 is 0 Å². The Bertz CT molecular complexity index is 632. The molecule has 0 aliphatic carbocycles. The molecule has 2 heterocycles. The molecule has 0 unspecified atom stereocenters. The van der Waals surface area contributed by atoms with Gasteiger partial charge in [0.1, 0.15) is 0 Å². The van der Waals surface area contributed by atoms with Crippen LogP contribution in [0.25, 0.3) is 5.70 Å². The number of benzene rings is 1. The van der Waals surface area contributed by atoms with E-state index < -0.39 is 0 Å². The molecular formula is C15H12N2O. The fourth-order valence-corrected chi connectivity index (χ4v) is 2.28. The van der Waals surface area contributed by atoms with Crippen molar-refractivity contribution < 1.29 is 4.79 Å². The van der Waals surface area contributed by atoms with Crippen LogP contribution in [-0.4, -0.2) is 10.9 Å². The first-order valence-electron chi connectivity index (χ1n) is 5.83. The van der Waals surface area contributed by atoms with Crippen molar-refractivity contribution in [3.63, 3.8) is 0 Å². The lowest BCUT2D eigenvalue weighted by atomic mass is 10.1. The molecule has 3 heteroatoms. The van der Waals surface area contributed by atoms with E-state index >= 15 is 0 Å². The number of hydrogen-bond acceptors (Lipinski definition) is 2. The van der Waals surface area contributed by atoms with Crippen LogP contribution < -0.4 is 4.90 Å². The molecule has 1 aromatic heterocycles. The second kappa shape index (κ2) is 4.11. The van der Waals surface area contributed by atoms with Gasteiger partial charge in [-0.05, 0) is 25.1 Å². The number of hydrogen-bond donors (Lipinski definition) is 0. The first-order chi connectivity index (χ1) is 8.83. The Balaban J connectivity index is 2.18. The molecule has 88 valence electrons. The minimum absolute atomic E-state index is 0.0184. The van der Waals surface area contributed by atoms with E-state index in [-0.39, 0.29) is 5.91 Å². The summed E-state index contributed by atoms with van der Waals surface area (Å²) in [6.45, 7) is 1.94. The van der Waals surface area contributed by atoms with E-state index in [2.05, 4.69) is 4.98 Å². The number of anilines is 1. The summed E-state index contributed by atoms with van der Waals surface area (Å²) >= 11 is 0. The summed E-state index contributed by atoms with van der Waals surface area (Å²) < 4.78 is 0. The van der Waals surface area contributed by atoms with Crippen LogP contribution in [0.3, 0.4) is 0 Å². The zero-order valence-corrected chi connectivity index (χ0v) is 10.00. The number of rotatable bonds is 1. The van der Waals surface area contributed by atoms with Gasteiger partial charge in [0.15, 0.2) is 0 Å². The van der Waals surface area contributed by atoms with E-state index in [1.807, 2.05) is 49.4 Å². The molecule has 0 saturated heterocycles. The van der Waals surface area contributed by atoms with Crippen LogP contribution in [0.4, 0.5) is 5.69 Å². The van der Waals surface area contributed by atoms with Crippen molar-refractivity contribution in [2.45, 2.75) is 6.92 Å². The van der Waals surface area contributed by atoms with Crippen molar-refractivity contribution >= 4 is 17.3 Å². The second-order valence-electron chi connectivity index (χ2n) is 4.07. The molecule has 18 heavy (non-hydrogen) atoms. The van der Waals surface area contributed by atoms with E-state index in [9.17, 15) is 4.79 Å². The lowest BCUT2D eigenvalue weighted by Crippen LogP contribution is -2.22. The predicted octanol–water partition coefficient (Wildman–Crippen LogP) is 3.10. The number of carbonyl (C=O) groups excluding carboxylic acids is 1. The maximum atomic E-state index is 12.4. The predicted molar refractivity (Wildman–Crippen MR) is 71.1 cm³/mol. The normalized spacial score (nSPS) is 16.2. The van der Waals surface area contributed by atoms with E-state index in [0.717, 1.165) is 22.5 Å². The van der Waals surface area contributed by atoms with Gasteiger partial charge in [-0.15, -0.1) is 0 Å². The van der Waals surface area contributed by atoms with Gasteiger partial charge in [-0.1, -0.05) is 24.3 Å². The molecule has 1 aliphatic rings. The van der Waals surface area contributed by atoms with Gasteiger partial charge in [-0.2, -0.15) is 0 Å². The number of aromatic nitrogens is 1. The molecule has 1 aliphatic heterocycles. The van der Waals surface area contributed by atoms with E-state index in [4.69, 9.17) is 0 Å². The molecule has 0 bridgehead atoms. The van der Waals surface area contributed by atoms with E-state index in [1.165, 1.54) is 0 Å². The molecule has 0 radical (unpaired) electrons. The Morgan fingerprint density at radius 1 is 1.06 bits per heavy atom. The standard InChI is InChI=1S/C15H12N2O/c1-2-14-12-5-3-4-6-13(12)15(18)17(14)11-7-9-16-10-8-11/h2-10H,1H3/b14-2+. The lowest BCUT2D eigenvalue weighted by molar-refractivity contribution is 0.101. The van der Waals surface area contributed by atoms with Crippen LogP contribution in [0, 0.1) is 0 Å². The van der Waals surface area contributed by atoms with Gasteiger partial charge in [0, 0.05) is 23.5 Å². The number of nitrogens with zero attached hydrogens (tertiary/aromatic N) is 2. The maximum absolute atomic E-state index is 12.4. The van der Waals surface area contributed by atoms with Gasteiger partial charge in [-0.25, -0.2) is 0 Å². The van der Waals surface area contributed by atoms with Crippen molar-refractivity contribution in [3.05, 3.63) is 66.0 Å². The highest BCUT2D eigenvalue weighted by Crippen LogP contribution is 2.36. The zero-order valence-electron chi connectivity index (χ0n) is 10.00. The summed E-state index contributed by atoms with van der Waals surface area (Å²) in [6, 6.07) is 11.4. The van der Waals surface area contributed by atoms with Crippen LogP contribution in [0.15, 0.2) is 54.9 Å². The average molecular weight is 236 g/mol. The van der Waals surface area contributed by atoms with Crippen LogP contribution in [0.5, 0.6) is 0 Å². The number of carbonyl (C=O) groups is 1. The maximum Gasteiger partial charge on any atom is 0.263 e. The monoisotopic (exact) mass is 236 g/mol. The Morgan fingerprint density at radius 2 is 1.72 bits per heavy atom. The highest BCUT2D eigenvalue weighted by atomic mass is 16.2. The Labute approximate surface area is 105 Å². The minimum Gasteiger partial charge on any atom is -0.277 e. The Morgan fingerprint density at radius 3 is 2.39 bits per heavy atom. The average Bonchev–Trinajstić information content (AvgIpc) is 2.73. The summed E-state index contributed by atoms with van der Waals surface area (Å²) in [7, 11) is 0. The van der Waals surface area contributed by atoms with Gasteiger partial charge >= 0.3 is 0 Å². The molecular weight excluding hydrogens is 224 g/mol. The third-order valence-corrected chi connectivity index (χ3v) is 3.07. The van der Waals surface area contributed by atoms with Crippen LogP contribution in [0.1, 0.15) is 22.8 Å². The van der Waals surface area contributed by atoms with E-state index in [0.29, 0.717) is 0 Å². The summed E-state index contributed by atoms with van der Waals surface area (Å²) in [5.74, 6) is 0.0184. The van der Waals surface area contributed by atoms with Crippen LogP contribution >= 0.6 is 0 Å². The van der Waals surface area contributed by atoms with Crippen LogP contribution in [0.2, 0.25) is 0 Å². The fourth-order valence-electron chi connectivity index (χ4n) is 2.28.